The van der Waals surface area contributed by atoms with Gasteiger partial charge in [0.15, 0.2) is 5.96 Å². The van der Waals surface area contributed by atoms with Crippen molar-refractivity contribution in [2.45, 2.75) is 38.8 Å². The number of aliphatic imine (C=N–C) groups is 1. The van der Waals surface area contributed by atoms with Crippen LogP contribution in [0.4, 0.5) is 5.69 Å². The second-order valence-corrected chi connectivity index (χ2v) is 7.35. The average molecular weight is 471 g/mol. The van der Waals surface area contributed by atoms with Crippen LogP contribution in [0.1, 0.15) is 26.7 Å². The number of nitrogens with zero attached hydrogens (tertiary/aromatic N) is 4. The second kappa shape index (κ2) is 10.3. The fourth-order valence-electron chi connectivity index (χ4n) is 3.71. The van der Waals surface area contributed by atoms with Crippen molar-refractivity contribution in [2.24, 2.45) is 4.99 Å². The number of nitrogens with one attached hydrogen (secondary N) is 1. The van der Waals surface area contributed by atoms with Gasteiger partial charge in [-0.1, -0.05) is 18.2 Å². The summed E-state index contributed by atoms with van der Waals surface area (Å²) < 4.78 is 0. The molecular formula is C20H34IN5. The molecule has 1 heterocycles. The number of para-hydroxylation sites is 1. The lowest BCUT2D eigenvalue weighted by Crippen LogP contribution is -2.53. The summed E-state index contributed by atoms with van der Waals surface area (Å²) in [5.74, 6) is 1.05. The van der Waals surface area contributed by atoms with Crippen LogP contribution in [0.2, 0.25) is 0 Å². The minimum atomic E-state index is 0. The van der Waals surface area contributed by atoms with Gasteiger partial charge in [0.05, 0.1) is 0 Å². The Morgan fingerprint density at radius 3 is 2.35 bits per heavy atom. The standard InChI is InChI=1S/C20H33N5.HI/c1-17(2)25(19-9-10-19)12-11-22-20(21-3)24-15-13-23(14-16-24)18-7-5-4-6-8-18;/h4-8,17,19H,9-16H2,1-3H3,(H,21,22);1H. The van der Waals surface area contributed by atoms with Crippen LogP contribution in [0, 0.1) is 0 Å². The van der Waals surface area contributed by atoms with Crippen molar-refractivity contribution in [3.8, 4) is 0 Å². The van der Waals surface area contributed by atoms with Gasteiger partial charge in [-0.3, -0.25) is 9.89 Å². The molecule has 6 heteroatoms. The van der Waals surface area contributed by atoms with Crippen molar-refractivity contribution in [2.75, 3.05) is 51.2 Å². The number of halogens is 1. The van der Waals surface area contributed by atoms with Gasteiger partial charge in [-0.2, -0.15) is 0 Å². The van der Waals surface area contributed by atoms with Gasteiger partial charge in [0.2, 0.25) is 0 Å². The van der Waals surface area contributed by atoms with Crippen molar-refractivity contribution in [1.82, 2.24) is 15.1 Å². The maximum absolute atomic E-state index is 4.51. The van der Waals surface area contributed by atoms with Gasteiger partial charge >= 0.3 is 0 Å². The molecule has 1 N–H and O–H groups in total. The Labute approximate surface area is 175 Å². The van der Waals surface area contributed by atoms with Crippen LogP contribution in [0.25, 0.3) is 0 Å². The monoisotopic (exact) mass is 471 g/mol. The zero-order valence-electron chi connectivity index (χ0n) is 16.4. The highest BCUT2D eigenvalue weighted by Gasteiger charge is 2.30. The van der Waals surface area contributed by atoms with Crippen LogP contribution >= 0.6 is 24.0 Å². The third-order valence-electron chi connectivity index (χ3n) is 5.24. The smallest absolute Gasteiger partial charge is 0.193 e. The number of anilines is 1. The lowest BCUT2D eigenvalue weighted by atomic mass is 10.2. The van der Waals surface area contributed by atoms with Gasteiger partial charge in [-0.15, -0.1) is 24.0 Å². The van der Waals surface area contributed by atoms with Gasteiger partial charge in [0.25, 0.3) is 0 Å². The number of rotatable bonds is 6. The van der Waals surface area contributed by atoms with Crippen molar-refractivity contribution >= 4 is 35.6 Å². The normalized spacial score (nSPS) is 18.3. The van der Waals surface area contributed by atoms with E-state index in [1.807, 2.05) is 7.05 Å². The molecule has 0 aromatic heterocycles. The molecule has 2 aliphatic rings. The number of hydrogen-bond donors (Lipinski definition) is 1. The topological polar surface area (TPSA) is 34.1 Å². The number of piperazine rings is 1. The van der Waals surface area contributed by atoms with Crippen LogP contribution in [0.5, 0.6) is 0 Å². The summed E-state index contributed by atoms with van der Waals surface area (Å²) in [6.45, 7) is 10.8. The zero-order valence-corrected chi connectivity index (χ0v) is 18.7. The van der Waals surface area contributed by atoms with Crippen LogP contribution < -0.4 is 10.2 Å². The Balaban J connectivity index is 0.00000243. The molecule has 146 valence electrons. The Morgan fingerprint density at radius 1 is 1.15 bits per heavy atom. The average Bonchev–Trinajstić information content (AvgIpc) is 3.47. The molecule has 0 spiro atoms. The zero-order chi connectivity index (χ0) is 17.6. The molecule has 3 rings (SSSR count). The second-order valence-electron chi connectivity index (χ2n) is 7.35. The molecule has 2 fully saturated rings. The van der Waals surface area contributed by atoms with E-state index in [-0.39, 0.29) is 24.0 Å². The first-order valence-electron chi connectivity index (χ1n) is 9.70. The number of guanidine groups is 1. The molecule has 1 aromatic rings. The maximum atomic E-state index is 4.51. The molecule has 1 saturated heterocycles. The van der Waals surface area contributed by atoms with Gasteiger partial charge < -0.3 is 15.1 Å². The summed E-state index contributed by atoms with van der Waals surface area (Å²) in [6, 6.07) is 12.1. The molecule has 26 heavy (non-hydrogen) atoms. The predicted molar refractivity (Wildman–Crippen MR) is 122 cm³/mol. The highest BCUT2D eigenvalue weighted by Crippen LogP contribution is 2.27. The Morgan fingerprint density at radius 2 is 1.81 bits per heavy atom. The van der Waals surface area contributed by atoms with E-state index in [0.717, 1.165) is 51.3 Å². The van der Waals surface area contributed by atoms with Crippen LogP contribution in [0.3, 0.4) is 0 Å². The van der Waals surface area contributed by atoms with E-state index in [9.17, 15) is 0 Å². The minimum absolute atomic E-state index is 0. The fourth-order valence-corrected chi connectivity index (χ4v) is 3.71. The van der Waals surface area contributed by atoms with Gasteiger partial charge in [-0.25, -0.2) is 0 Å². The first-order valence-corrected chi connectivity index (χ1v) is 9.70. The molecule has 1 saturated carbocycles. The molecule has 1 aromatic carbocycles. The summed E-state index contributed by atoms with van der Waals surface area (Å²) in [5, 5.41) is 3.58. The van der Waals surface area contributed by atoms with Crippen molar-refractivity contribution in [1.29, 1.82) is 0 Å². The molecule has 0 bridgehead atoms. The largest absolute Gasteiger partial charge is 0.368 e. The highest BCUT2D eigenvalue weighted by molar-refractivity contribution is 14.0. The summed E-state index contributed by atoms with van der Waals surface area (Å²) >= 11 is 0. The fraction of sp³-hybridized carbons (Fsp3) is 0.650. The quantitative estimate of drug-likeness (QED) is 0.393. The van der Waals surface area contributed by atoms with E-state index in [2.05, 4.69) is 69.2 Å². The molecule has 0 atom stereocenters. The van der Waals surface area contributed by atoms with Crippen molar-refractivity contribution in [3.63, 3.8) is 0 Å². The summed E-state index contributed by atoms with van der Waals surface area (Å²) in [4.78, 5) is 12.0. The predicted octanol–water partition coefficient (Wildman–Crippen LogP) is 2.87. The molecule has 0 amide bonds. The molecular weight excluding hydrogens is 437 g/mol. The van der Waals surface area contributed by atoms with Crippen molar-refractivity contribution < 1.29 is 0 Å². The molecule has 0 radical (unpaired) electrons. The van der Waals surface area contributed by atoms with E-state index < -0.39 is 0 Å². The highest BCUT2D eigenvalue weighted by atomic mass is 127. The Kier molecular flexibility index (Phi) is 8.47. The van der Waals surface area contributed by atoms with Crippen LogP contribution in [-0.4, -0.2) is 74.2 Å². The first kappa shape index (κ1) is 21.3. The van der Waals surface area contributed by atoms with E-state index in [4.69, 9.17) is 0 Å². The van der Waals surface area contributed by atoms with E-state index in [1.165, 1.54) is 18.5 Å². The summed E-state index contributed by atoms with van der Waals surface area (Å²) in [5.41, 5.74) is 1.32. The van der Waals surface area contributed by atoms with E-state index in [1.54, 1.807) is 0 Å². The third kappa shape index (κ3) is 5.74. The molecule has 0 unspecified atom stereocenters. The first-order chi connectivity index (χ1) is 12.2. The molecule has 1 aliphatic heterocycles. The van der Waals surface area contributed by atoms with Gasteiger partial charge in [0.1, 0.15) is 0 Å². The maximum Gasteiger partial charge on any atom is 0.193 e. The lowest BCUT2D eigenvalue weighted by Gasteiger charge is -2.38. The van der Waals surface area contributed by atoms with Crippen LogP contribution in [-0.2, 0) is 0 Å². The van der Waals surface area contributed by atoms with E-state index >= 15 is 0 Å². The van der Waals surface area contributed by atoms with Gasteiger partial charge in [-0.05, 0) is 38.8 Å². The summed E-state index contributed by atoms with van der Waals surface area (Å²) in [6.07, 6.45) is 2.74. The SMILES string of the molecule is CN=C(NCCN(C(C)C)C1CC1)N1CCN(c2ccccc2)CC1.I. The number of benzene rings is 1. The summed E-state index contributed by atoms with van der Waals surface area (Å²) in [7, 11) is 1.90. The van der Waals surface area contributed by atoms with Crippen molar-refractivity contribution in [3.05, 3.63) is 30.3 Å². The minimum Gasteiger partial charge on any atom is -0.368 e. The van der Waals surface area contributed by atoms with E-state index in [0.29, 0.717) is 6.04 Å². The number of hydrogen-bond acceptors (Lipinski definition) is 3. The Bertz CT molecular complexity index is 549. The third-order valence-corrected chi connectivity index (χ3v) is 5.24. The Hall–Kier alpha value is -1.02. The molecule has 5 nitrogen and oxygen atoms in total. The molecule has 1 aliphatic carbocycles. The lowest BCUT2D eigenvalue weighted by molar-refractivity contribution is 0.214. The van der Waals surface area contributed by atoms with Gasteiger partial charge in [0, 0.05) is 64.1 Å². The van der Waals surface area contributed by atoms with Crippen LogP contribution in [0.15, 0.2) is 35.3 Å².